The fourth-order valence-corrected chi connectivity index (χ4v) is 2.12. The number of nitrogens with one attached hydrogen (secondary N) is 1. The average molecular weight is 204 g/mol. The van der Waals surface area contributed by atoms with Crippen LogP contribution in [-0.2, 0) is 4.74 Å². The van der Waals surface area contributed by atoms with Gasteiger partial charge in [-0.25, -0.2) is 4.79 Å². The van der Waals surface area contributed by atoms with Crippen LogP contribution in [0, 0.1) is 0 Å². The lowest BCUT2D eigenvalue weighted by Gasteiger charge is -2.10. The molecule has 2 atom stereocenters. The molecular weight excluding hydrogens is 188 g/mol. The van der Waals surface area contributed by atoms with Crippen LogP contribution in [-0.4, -0.2) is 36.3 Å². The number of rotatable bonds is 5. The minimum Gasteiger partial charge on any atom is -0.443 e. The number of ether oxygens (including phenoxy) is 1. The predicted octanol–water partition coefficient (Wildman–Crippen LogP) is 0.565. The zero-order chi connectivity index (χ0) is 9.68. The highest BCUT2D eigenvalue weighted by Gasteiger charge is 2.21. The summed E-state index contributed by atoms with van der Waals surface area (Å²) in [5.41, 5.74) is 5.74. The largest absolute Gasteiger partial charge is 0.443 e. The Morgan fingerprint density at radius 2 is 2.62 bits per heavy atom. The smallest absolute Gasteiger partial charge is 0.407 e. The summed E-state index contributed by atoms with van der Waals surface area (Å²) >= 11 is 1.74. The van der Waals surface area contributed by atoms with Crippen molar-refractivity contribution in [1.82, 2.24) is 5.32 Å². The molecule has 0 radical (unpaired) electrons. The average Bonchev–Trinajstić information content (AvgIpc) is 2.51. The fourth-order valence-electron chi connectivity index (χ4n) is 0.994. The van der Waals surface area contributed by atoms with Gasteiger partial charge in [0.1, 0.15) is 6.10 Å². The van der Waals surface area contributed by atoms with E-state index in [0.717, 1.165) is 17.9 Å². The van der Waals surface area contributed by atoms with Gasteiger partial charge in [-0.15, -0.1) is 0 Å². The zero-order valence-electron chi connectivity index (χ0n) is 7.79. The van der Waals surface area contributed by atoms with E-state index < -0.39 is 0 Å². The zero-order valence-corrected chi connectivity index (χ0v) is 8.60. The normalized spacial score (nSPS) is 23.8. The molecule has 1 rings (SSSR count). The second kappa shape index (κ2) is 5.34. The monoisotopic (exact) mass is 204 g/mol. The van der Waals surface area contributed by atoms with E-state index in [1.165, 1.54) is 0 Å². The molecular formula is C8H16N2O2S. The van der Waals surface area contributed by atoms with E-state index >= 15 is 0 Å². The maximum atomic E-state index is 10.6. The van der Waals surface area contributed by atoms with Gasteiger partial charge in [0.2, 0.25) is 0 Å². The van der Waals surface area contributed by atoms with Crippen LogP contribution in [0.25, 0.3) is 0 Å². The number of carbonyl (C=O) groups is 1. The van der Waals surface area contributed by atoms with Crippen LogP contribution in [0.3, 0.4) is 0 Å². The fraction of sp³-hybridized carbons (Fsp3) is 0.875. The lowest BCUT2D eigenvalue weighted by Crippen LogP contribution is -2.23. The molecule has 0 saturated carbocycles. The van der Waals surface area contributed by atoms with Crippen LogP contribution in [0.5, 0.6) is 0 Å². The first-order valence-corrected chi connectivity index (χ1v) is 5.65. The Morgan fingerprint density at radius 3 is 3.15 bits per heavy atom. The highest BCUT2D eigenvalue weighted by Crippen LogP contribution is 2.10. The standard InChI is InChI=1S/C8H16N2O2S/c1-2-6(9)4-13-5-7-3-10-8(11)12-7/h6-7H,2-5,9H2,1H3,(H,10,11). The number of hydrogen-bond donors (Lipinski definition) is 2. The summed E-state index contributed by atoms with van der Waals surface area (Å²) in [6.07, 6.45) is 0.724. The highest BCUT2D eigenvalue weighted by atomic mass is 32.2. The van der Waals surface area contributed by atoms with E-state index in [4.69, 9.17) is 10.5 Å². The molecule has 13 heavy (non-hydrogen) atoms. The molecule has 3 N–H and O–H groups in total. The van der Waals surface area contributed by atoms with Crippen molar-refractivity contribution in [1.29, 1.82) is 0 Å². The lowest BCUT2D eigenvalue weighted by molar-refractivity contribution is 0.150. The summed E-state index contributed by atoms with van der Waals surface area (Å²) in [6.45, 7) is 2.70. The number of hydrogen-bond acceptors (Lipinski definition) is 4. The van der Waals surface area contributed by atoms with Gasteiger partial charge in [-0.05, 0) is 6.42 Å². The van der Waals surface area contributed by atoms with Gasteiger partial charge in [-0.1, -0.05) is 6.92 Å². The Bertz CT molecular complexity index is 178. The first kappa shape index (κ1) is 10.7. The topological polar surface area (TPSA) is 64.3 Å². The van der Waals surface area contributed by atoms with Gasteiger partial charge in [0.15, 0.2) is 0 Å². The summed E-state index contributed by atoms with van der Waals surface area (Å²) in [5, 5.41) is 2.62. The van der Waals surface area contributed by atoms with E-state index in [-0.39, 0.29) is 18.2 Å². The maximum absolute atomic E-state index is 10.6. The van der Waals surface area contributed by atoms with Gasteiger partial charge in [0.05, 0.1) is 6.54 Å². The van der Waals surface area contributed by atoms with Crippen molar-refractivity contribution in [3.05, 3.63) is 0 Å². The van der Waals surface area contributed by atoms with Crippen LogP contribution >= 0.6 is 11.8 Å². The van der Waals surface area contributed by atoms with Crippen molar-refractivity contribution >= 4 is 17.9 Å². The predicted molar refractivity (Wildman–Crippen MR) is 53.9 cm³/mol. The summed E-state index contributed by atoms with van der Waals surface area (Å²) < 4.78 is 4.97. The second-order valence-corrected chi connectivity index (χ2v) is 4.19. The van der Waals surface area contributed by atoms with E-state index in [9.17, 15) is 4.79 Å². The van der Waals surface area contributed by atoms with Crippen LogP contribution < -0.4 is 11.1 Å². The molecule has 0 aromatic heterocycles. The van der Waals surface area contributed by atoms with Crippen LogP contribution in [0.4, 0.5) is 4.79 Å². The molecule has 1 aliphatic rings. The van der Waals surface area contributed by atoms with E-state index in [0.29, 0.717) is 6.54 Å². The van der Waals surface area contributed by atoms with E-state index in [1.807, 2.05) is 0 Å². The SMILES string of the molecule is CCC(N)CSCC1CNC(=O)O1. The van der Waals surface area contributed by atoms with Gasteiger partial charge in [-0.2, -0.15) is 11.8 Å². The van der Waals surface area contributed by atoms with Crippen molar-refractivity contribution < 1.29 is 9.53 Å². The van der Waals surface area contributed by atoms with Gasteiger partial charge in [0.25, 0.3) is 0 Å². The molecule has 0 spiro atoms. The lowest BCUT2D eigenvalue weighted by atomic mass is 10.3. The van der Waals surface area contributed by atoms with E-state index in [1.54, 1.807) is 11.8 Å². The molecule has 2 unspecified atom stereocenters. The third-order valence-electron chi connectivity index (χ3n) is 1.91. The molecule has 0 aromatic rings. The molecule has 1 fully saturated rings. The van der Waals surface area contributed by atoms with Gasteiger partial charge < -0.3 is 15.8 Å². The molecule has 1 saturated heterocycles. The molecule has 76 valence electrons. The maximum Gasteiger partial charge on any atom is 0.407 e. The first-order chi connectivity index (χ1) is 6.22. The Kier molecular flexibility index (Phi) is 4.38. The van der Waals surface area contributed by atoms with Crippen LogP contribution in [0.2, 0.25) is 0 Å². The van der Waals surface area contributed by atoms with Gasteiger partial charge >= 0.3 is 6.09 Å². The summed E-state index contributed by atoms with van der Waals surface area (Å²) in [6, 6.07) is 0.259. The number of carbonyl (C=O) groups excluding carboxylic acids is 1. The third kappa shape index (κ3) is 3.87. The molecule has 1 aliphatic heterocycles. The molecule has 5 heteroatoms. The summed E-state index contributed by atoms with van der Waals surface area (Å²) in [7, 11) is 0. The van der Waals surface area contributed by atoms with Crippen LogP contribution in [0.1, 0.15) is 13.3 Å². The number of thioether (sulfide) groups is 1. The molecule has 1 heterocycles. The summed E-state index contributed by atoms with van der Waals surface area (Å²) in [4.78, 5) is 10.6. The summed E-state index contributed by atoms with van der Waals surface area (Å²) in [5.74, 6) is 1.77. The Hall–Kier alpha value is -0.420. The minimum absolute atomic E-state index is 0.0292. The minimum atomic E-state index is -0.301. The molecule has 4 nitrogen and oxygen atoms in total. The first-order valence-electron chi connectivity index (χ1n) is 4.50. The van der Waals surface area contributed by atoms with Gasteiger partial charge in [-0.3, -0.25) is 0 Å². The Balaban J connectivity index is 2.03. The third-order valence-corrected chi connectivity index (χ3v) is 3.18. The highest BCUT2D eigenvalue weighted by molar-refractivity contribution is 7.99. The van der Waals surface area contributed by atoms with Crippen molar-refractivity contribution in [3.63, 3.8) is 0 Å². The van der Waals surface area contributed by atoms with Crippen LogP contribution in [0.15, 0.2) is 0 Å². The molecule has 0 bridgehead atoms. The van der Waals surface area contributed by atoms with Crippen molar-refractivity contribution in [2.24, 2.45) is 5.73 Å². The van der Waals surface area contributed by atoms with E-state index in [2.05, 4.69) is 12.2 Å². The molecule has 0 aromatic carbocycles. The Labute approximate surface area is 82.6 Å². The van der Waals surface area contributed by atoms with Crippen molar-refractivity contribution in [2.45, 2.75) is 25.5 Å². The second-order valence-electron chi connectivity index (χ2n) is 3.11. The molecule has 0 aliphatic carbocycles. The van der Waals surface area contributed by atoms with Gasteiger partial charge in [0, 0.05) is 17.5 Å². The number of nitrogens with two attached hydrogens (primary N) is 1. The number of cyclic esters (lactones) is 1. The Morgan fingerprint density at radius 1 is 1.85 bits per heavy atom. The number of alkyl carbamates (subject to hydrolysis) is 1. The quantitative estimate of drug-likeness (QED) is 0.687. The van der Waals surface area contributed by atoms with Crippen molar-refractivity contribution in [3.8, 4) is 0 Å². The number of amides is 1. The molecule has 1 amide bonds. The van der Waals surface area contributed by atoms with Crippen molar-refractivity contribution in [2.75, 3.05) is 18.1 Å².